The van der Waals surface area contributed by atoms with Crippen LogP contribution >= 0.6 is 0 Å². The highest BCUT2D eigenvalue weighted by molar-refractivity contribution is 5.94. The number of hydrogen-bond acceptors (Lipinski definition) is 4. The monoisotopic (exact) mass is 293 g/mol. The summed E-state index contributed by atoms with van der Waals surface area (Å²) in [6.07, 6.45) is 5.25. The fraction of sp³-hybridized carbons (Fsp3) is 0.125. The maximum Gasteiger partial charge on any atom is 0.251 e. The molecule has 0 aliphatic carbocycles. The van der Waals surface area contributed by atoms with Crippen molar-refractivity contribution in [3.05, 3.63) is 78.1 Å². The Bertz CT molecular complexity index is 713. The summed E-state index contributed by atoms with van der Waals surface area (Å²) < 4.78 is 0. The fourth-order valence-electron chi connectivity index (χ4n) is 2.19. The molecule has 6 nitrogen and oxygen atoms in total. The van der Waals surface area contributed by atoms with Crippen molar-refractivity contribution in [3.8, 4) is 0 Å². The molecule has 1 aromatic carbocycles. The van der Waals surface area contributed by atoms with Crippen molar-refractivity contribution in [2.24, 2.45) is 0 Å². The molecule has 3 rings (SSSR count). The van der Waals surface area contributed by atoms with Crippen LogP contribution < -0.4 is 5.32 Å². The molecule has 0 saturated carbocycles. The quantitative estimate of drug-likeness (QED) is 0.752. The highest BCUT2D eigenvalue weighted by atomic mass is 16.1. The van der Waals surface area contributed by atoms with Gasteiger partial charge >= 0.3 is 0 Å². The Morgan fingerprint density at radius 2 is 1.91 bits per heavy atom. The molecule has 0 fully saturated rings. The number of hydrogen-bond donors (Lipinski definition) is 2. The Balaban J connectivity index is 1.79. The number of amides is 1. The van der Waals surface area contributed by atoms with Gasteiger partial charge in [0.2, 0.25) is 0 Å². The van der Waals surface area contributed by atoms with Gasteiger partial charge in [0.1, 0.15) is 12.2 Å². The summed E-state index contributed by atoms with van der Waals surface area (Å²) in [5, 5.41) is 9.68. The summed E-state index contributed by atoms with van der Waals surface area (Å²) in [5.41, 5.74) is 1.67. The average Bonchev–Trinajstić information content (AvgIpc) is 3.10. The van der Waals surface area contributed by atoms with Crippen LogP contribution in [0.25, 0.3) is 0 Å². The van der Waals surface area contributed by atoms with E-state index in [9.17, 15) is 4.79 Å². The van der Waals surface area contributed by atoms with Crippen LogP contribution in [0.3, 0.4) is 0 Å². The minimum absolute atomic E-state index is 0.167. The van der Waals surface area contributed by atoms with Gasteiger partial charge < -0.3 is 5.32 Å². The minimum atomic E-state index is -0.273. The van der Waals surface area contributed by atoms with Gasteiger partial charge in [-0.1, -0.05) is 30.3 Å². The molecule has 2 heterocycles. The highest BCUT2D eigenvalue weighted by Gasteiger charge is 2.18. The molecular weight excluding hydrogens is 278 g/mol. The second-order valence-electron chi connectivity index (χ2n) is 4.82. The van der Waals surface area contributed by atoms with Gasteiger partial charge in [-0.3, -0.25) is 14.9 Å². The third-order valence-electron chi connectivity index (χ3n) is 3.29. The summed E-state index contributed by atoms with van der Waals surface area (Å²) in [6.45, 7) is 0. The van der Waals surface area contributed by atoms with Gasteiger partial charge in [-0.15, -0.1) is 0 Å². The van der Waals surface area contributed by atoms with Crippen molar-refractivity contribution >= 4 is 5.91 Å². The molecule has 2 aromatic heterocycles. The van der Waals surface area contributed by atoms with Crippen LogP contribution in [0.1, 0.15) is 27.8 Å². The molecule has 0 saturated heterocycles. The van der Waals surface area contributed by atoms with Crippen molar-refractivity contribution in [1.29, 1.82) is 0 Å². The number of aromatic amines is 1. The summed E-state index contributed by atoms with van der Waals surface area (Å²) in [6, 6.07) is 13.0. The number of rotatable bonds is 5. The first-order chi connectivity index (χ1) is 10.8. The molecule has 2 N–H and O–H groups in total. The lowest BCUT2D eigenvalue weighted by molar-refractivity contribution is 0.0934. The Hall–Kier alpha value is -3.02. The van der Waals surface area contributed by atoms with Gasteiger partial charge in [-0.2, -0.15) is 5.10 Å². The molecule has 6 heteroatoms. The van der Waals surface area contributed by atoms with Gasteiger partial charge in [-0.25, -0.2) is 4.98 Å². The van der Waals surface area contributed by atoms with Crippen molar-refractivity contribution in [3.63, 3.8) is 0 Å². The van der Waals surface area contributed by atoms with E-state index in [0.29, 0.717) is 17.8 Å². The minimum Gasteiger partial charge on any atom is -0.342 e. The van der Waals surface area contributed by atoms with E-state index in [1.54, 1.807) is 24.5 Å². The zero-order valence-electron chi connectivity index (χ0n) is 11.8. The molecular formula is C16H15N5O. The normalized spacial score (nSPS) is 11.8. The SMILES string of the molecule is O=C(N[C@H](Cc1ccccc1)c1ncn[nH]1)c1ccncc1. The van der Waals surface area contributed by atoms with E-state index in [2.05, 4.69) is 25.5 Å². The van der Waals surface area contributed by atoms with E-state index < -0.39 is 0 Å². The average molecular weight is 293 g/mol. The van der Waals surface area contributed by atoms with Gasteiger partial charge in [0, 0.05) is 18.0 Å². The Morgan fingerprint density at radius 1 is 1.14 bits per heavy atom. The largest absolute Gasteiger partial charge is 0.342 e. The second-order valence-corrected chi connectivity index (χ2v) is 4.82. The molecule has 0 unspecified atom stereocenters. The van der Waals surface area contributed by atoms with E-state index in [4.69, 9.17) is 0 Å². The van der Waals surface area contributed by atoms with Gasteiger partial charge in [-0.05, 0) is 24.1 Å². The molecule has 110 valence electrons. The number of benzene rings is 1. The summed E-state index contributed by atoms with van der Waals surface area (Å²) >= 11 is 0. The van der Waals surface area contributed by atoms with E-state index in [1.807, 2.05) is 30.3 Å². The maximum atomic E-state index is 12.3. The zero-order valence-corrected chi connectivity index (χ0v) is 11.8. The fourth-order valence-corrected chi connectivity index (χ4v) is 2.19. The first kappa shape index (κ1) is 13.9. The molecule has 0 radical (unpaired) electrons. The molecule has 1 atom stereocenters. The highest BCUT2D eigenvalue weighted by Crippen LogP contribution is 2.15. The van der Waals surface area contributed by atoms with E-state index in [1.165, 1.54) is 6.33 Å². The molecule has 0 spiro atoms. The van der Waals surface area contributed by atoms with E-state index in [-0.39, 0.29) is 11.9 Å². The molecule has 1 amide bonds. The maximum absolute atomic E-state index is 12.3. The van der Waals surface area contributed by atoms with Crippen LogP contribution in [-0.2, 0) is 6.42 Å². The molecule has 3 aromatic rings. The predicted octanol–water partition coefficient (Wildman–Crippen LogP) is 1.91. The van der Waals surface area contributed by atoms with Crippen molar-refractivity contribution in [1.82, 2.24) is 25.5 Å². The van der Waals surface area contributed by atoms with Crippen molar-refractivity contribution < 1.29 is 4.79 Å². The number of H-pyrrole nitrogens is 1. The Labute approximate surface area is 127 Å². The van der Waals surface area contributed by atoms with Crippen molar-refractivity contribution in [2.45, 2.75) is 12.5 Å². The van der Waals surface area contributed by atoms with Gasteiger partial charge in [0.05, 0.1) is 6.04 Å². The van der Waals surface area contributed by atoms with Crippen LogP contribution in [0.5, 0.6) is 0 Å². The smallest absolute Gasteiger partial charge is 0.251 e. The number of nitrogens with one attached hydrogen (secondary N) is 2. The lowest BCUT2D eigenvalue weighted by Crippen LogP contribution is -2.30. The summed E-state index contributed by atoms with van der Waals surface area (Å²) in [7, 11) is 0. The van der Waals surface area contributed by atoms with Crippen LogP contribution in [0.4, 0.5) is 0 Å². The topological polar surface area (TPSA) is 83.6 Å². The number of aromatic nitrogens is 4. The number of pyridine rings is 1. The lowest BCUT2D eigenvalue weighted by atomic mass is 10.0. The van der Waals surface area contributed by atoms with Gasteiger partial charge in [0.15, 0.2) is 0 Å². The molecule has 0 aliphatic heterocycles. The first-order valence-corrected chi connectivity index (χ1v) is 6.93. The zero-order chi connectivity index (χ0) is 15.2. The molecule has 22 heavy (non-hydrogen) atoms. The third kappa shape index (κ3) is 3.35. The standard InChI is InChI=1S/C16H15N5O/c22-16(13-6-8-17-9-7-13)20-14(15-18-11-19-21-15)10-12-4-2-1-3-5-12/h1-9,11,14H,10H2,(H,20,22)(H,18,19,21)/t14-/m1/s1. The van der Waals surface area contributed by atoms with Crippen molar-refractivity contribution in [2.75, 3.05) is 0 Å². The Kier molecular flexibility index (Phi) is 4.20. The number of carbonyl (C=O) groups is 1. The third-order valence-corrected chi connectivity index (χ3v) is 3.29. The number of carbonyl (C=O) groups excluding carboxylic acids is 1. The summed E-state index contributed by atoms with van der Waals surface area (Å²) in [4.78, 5) is 20.4. The van der Waals surface area contributed by atoms with E-state index in [0.717, 1.165) is 5.56 Å². The van der Waals surface area contributed by atoms with Crippen LogP contribution in [-0.4, -0.2) is 26.1 Å². The van der Waals surface area contributed by atoms with Gasteiger partial charge in [0.25, 0.3) is 5.91 Å². The van der Waals surface area contributed by atoms with Crippen LogP contribution in [0, 0.1) is 0 Å². The lowest BCUT2D eigenvalue weighted by Gasteiger charge is -2.16. The van der Waals surface area contributed by atoms with Crippen LogP contribution in [0.15, 0.2) is 61.2 Å². The first-order valence-electron chi connectivity index (χ1n) is 6.93. The predicted molar refractivity (Wildman–Crippen MR) is 81.0 cm³/mol. The summed E-state index contributed by atoms with van der Waals surface area (Å²) in [5.74, 6) is 0.464. The van der Waals surface area contributed by atoms with Crippen LogP contribution in [0.2, 0.25) is 0 Å². The number of nitrogens with zero attached hydrogens (tertiary/aromatic N) is 3. The second kappa shape index (κ2) is 6.62. The van der Waals surface area contributed by atoms with E-state index >= 15 is 0 Å². The molecule has 0 aliphatic rings. The molecule has 0 bridgehead atoms. The Morgan fingerprint density at radius 3 is 2.59 bits per heavy atom.